The number of halogens is 1. The minimum absolute atomic E-state index is 0.249. The molecular formula is C14H17FN4O. The molecule has 106 valence electrons. The quantitative estimate of drug-likeness (QED) is 0.875. The van der Waals surface area contributed by atoms with Gasteiger partial charge in [0.05, 0.1) is 6.20 Å². The molecule has 0 bridgehead atoms. The maximum Gasteiger partial charge on any atom is 0.224 e. The molecule has 0 fully saturated rings. The van der Waals surface area contributed by atoms with Gasteiger partial charge in [0.25, 0.3) is 0 Å². The fourth-order valence-corrected chi connectivity index (χ4v) is 1.74. The van der Waals surface area contributed by atoms with Gasteiger partial charge in [-0.2, -0.15) is 4.98 Å². The summed E-state index contributed by atoms with van der Waals surface area (Å²) in [5.41, 5.74) is 1.09. The summed E-state index contributed by atoms with van der Waals surface area (Å²) >= 11 is 0. The Balaban J connectivity index is 1.94. The van der Waals surface area contributed by atoms with Crippen LogP contribution in [0.1, 0.15) is 5.56 Å². The fourth-order valence-electron chi connectivity index (χ4n) is 1.74. The fraction of sp³-hybridized carbons (Fsp3) is 0.286. The molecule has 0 aliphatic heterocycles. The van der Waals surface area contributed by atoms with Crippen LogP contribution in [0.3, 0.4) is 0 Å². The van der Waals surface area contributed by atoms with E-state index >= 15 is 0 Å². The highest BCUT2D eigenvalue weighted by molar-refractivity contribution is 5.42. The third kappa shape index (κ3) is 3.57. The average molecular weight is 276 g/mol. The predicted molar refractivity (Wildman–Crippen MR) is 76.6 cm³/mol. The van der Waals surface area contributed by atoms with Crippen molar-refractivity contribution in [2.75, 3.05) is 30.9 Å². The molecule has 0 radical (unpaired) electrons. The molecule has 0 aliphatic carbocycles. The number of phenols is 1. The number of phenolic OH excluding ortho intramolecular Hbond substituents is 1. The largest absolute Gasteiger partial charge is 0.508 e. The number of benzene rings is 1. The van der Waals surface area contributed by atoms with Gasteiger partial charge in [-0.1, -0.05) is 12.1 Å². The van der Waals surface area contributed by atoms with Crippen molar-refractivity contribution in [2.45, 2.75) is 6.42 Å². The minimum Gasteiger partial charge on any atom is -0.508 e. The molecule has 0 saturated carbocycles. The van der Waals surface area contributed by atoms with E-state index in [4.69, 9.17) is 0 Å². The standard InChI is InChI=1S/C14H17FN4O/c1-19(2)13-12(15)9-17-14(18-13)16-8-7-10-3-5-11(20)6-4-10/h3-6,9,20H,7-8H2,1-2H3,(H,16,17,18). The molecule has 6 heteroatoms. The van der Waals surface area contributed by atoms with Gasteiger partial charge in [0.1, 0.15) is 5.75 Å². The number of rotatable bonds is 5. The molecule has 2 aromatic rings. The molecule has 0 amide bonds. The van der Waals surface area contributed by atoms with Crippen LogP contribution in [-0.2, 0) is 6.42 Å². The van der Waals surface area contributed by atoms with Crippen LogP contribution in [0, 0.1) is 5.82 Å². The highest BCUT2D eigenvalue weighted by Crippen LogP contribution is 2.14. The van der Waals surface area contributed by atoms with Crippen molar-refractivity contribution in [1.82, 2.24) is 9.97 Å². The Morgan fingerprint density at radius 1 is 1.25 bits per heavy atom. The van der Waals surface area contributed by atoms with E-state index in [0.29, 0.717) is 12.5 Å². The highest BCUT2D eigenvalue weighted by Gasteiger charge is 2.08. The van der Waals surface area contributed by atoms with E-state index in [9.17, 15) is 9.50 Å². The van der Waals surface area contributed by atoms with Crippen LogP contribution in [0.15, 0.2) is 30.5 Å². The number of aromatic hydroxyl groups is 1. The summed E-state index contributed by atoms with van der Waals surface area (Å²) in [4.78, 5) is 9.61. The van der Waals surface area contributed by atoms with Crippen LogP contribution < -0.4 is 10.2 Å². The highest BCUT2D eigenvalue weighted by atomic mass is 19.1. The molecule has 1 aromatic heterocycles. The van der Waals surface area contributed by atoms with Crippen molar-refractivity contribution >= 4 is 11.8 Å². The van der Waals surface area contributed by atoms with Crippen molar-refractivity contribution < 1.29 is 9.50 Å². The molecule has 1 heterocycles. The third-order valence-corrected chi connectivity index (χ3v) is 2.78. The van der Waals surface area contributed by atoms with Crippen LogP contribution in [-0.4, -0.2) is 35.7 Å². The molecule has 2 rings (SSSR count). The smallest absolute Gasteiger partial charge is 0.224 e. The van der Waals surface area contributed by atoms with Crippen LogP contribution in [0.25, 0.3) is 0 Å². The Bertz CT molecular complexity index is 572. The lowest BCUT2D eigenvalue weighted by molar-refractivity contribution is 0.475. The molecule has 0 unspecified atom stereocenters. The minimum atomic E-state index is -0.445. The molecule has 0 atom stereocenters. The monoisotopic (exact) mass is 276 g/mol. The number of hydrogen-bond acceptors (Lipinski definition) is 5. The summed E-state index contributed by atoms with van der Waals surface area (Å²) in [6.07, 6.45) is 1.92. The molecule has 0 saturated heterocycles. The van der Waals surface area contributed by atoms with Crippen molar-refractivity contribution in [3.63, 3.8) is 0 Å². The number of nitrogens with one attached hydrogen (secondary N) is 1. The van der Waals surface area contributed by atoms with Gasteiger partial charge in [-0.15, -0.1) is 0 Å². The van der Waals surface area contributed by atoms with E-state index in [1.54, 1.807) is 31.1 Å². The lowest BCUT2D eigenvalue weighted by atomic mass is 10.1. The van der Waals surface area contributed by atoms with Crippen molar-refractivity contribution in [3.05, 3.63) is 41.8 Å². The summed E-state index contributed by atoms with van der Waals surface area (Å²) in [5.74, 6) is 0.458. The average Bonchev–Trinajstić information content (AvgIpc) is 2.42. The van der Waals surface area contributed by atoms with Crippen molar-refractivity contribution in [1.29, 1.82) is 0 Å². The first-order valence-electron chi connectivity index (χ1n) is 6.28. The van der Waals surface area contributed by atoms with Crippen LogP contribution in [0.5, 0.6) is 5.75 Å². The summed E-state index contributed by atoms with van der Waals surface area (Å²) in [6, 6.07) is 7.00. The zero-order chi connectivity index (χ0) is 14.5. The van der Waals surface area contributed by atoms with Crippen molar-refractivity contribution in [2.24, 2.45) is 0 Å². The Kier molecular flexibility index (Phi) is 4.34. The Hall–Kier alpha value is -2.37. The normalized spacial score (nSPS) is 10.3. The Labute approximate surface area is 117 Å². The van der Waals surface area contributed by atoms with E-state index in [1.807, 2.05) is 12.1 Å². The third-order valence-electron chi connectivity index (χ3n) is 2.78. The zero-order valence-corrected chi connectivity index (χ0v) is 11.5. The first kappa shape index (κ1) is 14.0. The molecular weight excluding hydrogens is 259 g/mol. The Morgan fingerprint density at radius 3 is 2.60 bits per heavy atom. The van der Waals surface area contributed by atoms with Gasteiger partial charge in [-0.25, -0.2) is 9.37 Å². The SMILES string of the molecule is CN(C)c1nc(NCCc2ccc(O)cc2)ncc1F. The lowest BCUT2D eigenvalue weighted by Gasteiger charge is -2.13. The van der Waals surface area contributed by atoms with Crippen LogP contribution in [0.2, 0.25) is 0 Å². The number of aromatic nitrogens is 2. The first-order valence-corrected chi connectivity index (χ1v) is 6.28. The van der Waals surface area contributed by atoms with Gasteiger partial charge in [0.15, 0.2) is 11.6 Å². The van der Waals surface area contributed by atoms with Crippen LogP contribution >= 0.6 is 0 Å². The lowest BCUT2D eigenvalue weighted by Crippen LogP contribution is -2.15. The van der Waals surface area contributed by atoms with E-state index in [-0.39, 0.29) is 11.6 Å². The molecule has 2 N–H and O–H groups in total. The molecule has 5 nitrogen and oxygen atoms in total. The van der Waals surface area contributed by atoms with E-state index in [0.717, 1.165) is 18.2 Å². The van der Waals surface area contributed by atoms with Gasteiger partial charge in [-0.05, 0) is 24.1 Å². The van der Waals surface area contributed by atoms with Gasteiger partial charge in [-0.3, -0.25) is 0 Å². The molecule has 20 heavy (non-hydrogen) atoms. The summed E-state index contributed by atoms with van der Waals surface area (Å²) in [5, 5.41) is 12.2. The van der Waals surface area contributed by atoms with Gasteiger partial charge < -0.3 is 15.3 Å². The number of hydrogen-bond donors (Lipinski definition) is 2. The van der Waals surface area contributed by atoms with Crippen LogP contribution in [0.4, 0.5) is 16.2 Å². The van der Waals surface area contributed by atoms with E-state index in [2.05, 4.69) is 15.3 Å². The first-order chi connectivity index (χ1) is 9.56. The molecule has 1 aromatic carbocycles. The van der Waals surface area contributed by atoms with Gasteiger partial charge in [0.2, 0.25) is 5.95 Å². The second-order valence-electron chi connectivity index (χ2n) is 4.60. The summed E-state index contributed by atoms with van der Waals surface area (Å²) in [6.45, 7) is 0.628. The number of nitrogens with zero attached hydrogens (tertiary/aromatic N) is 3. The maximum absolute atomic E-state index is 13.4. The maximum atomic E-state index is 13.4. The molecule has 0 spiro atoms. The number of anilines is 2. The molecule has 0 aliphatic rings. The topological polar surface area (TPSA) is 61.3 Å². The van der Waals surface area contributed by atoms with E-state index < -0.39 is 5.82 Å². The Morgan fingerprint density at radius 2 is 1.95 bits per heavy atom. The predicted octanol–water partition coefficient (Wildman–Crippen LogP) is 2.04. The second kappa shape index (κ2) is 6.18. The van der Waals surface area contributed by atoms with Gasteiger partial charge in [0, 0.05) is 20.6 Å². The second-order valence-corrected chi connectivity index (χ2v) is 4.60. The summed E-state index contributed by atoms with van der Waals surface area (Å²) < 4.78 is 13.4. The van der Waals surface area contributed by atoms with E-state index in [1.165, 1.54) is 0 Å². The van der Waals surface area contributed by atoms with Gasteiger partial charge >= 0.3 is 0 Å². The summed E-state index contributed by atoms with van der Waals surface area (Å²) in [7, 11) is 3.46. The van der Waals surface area contributed by atoms with Crippen molar-refractivity contribution in [3.8, 4) is 5.75 Å². The zero-order valence-electron chi connectivity index (χ0n) is 11.5.